The van der Waals surface area contributed by atoms with E-state index in [2.05, 4.69) is 5.32 Å². The van der Waals surface area contributed by atoms with E-state index in [0.29, 0.717) is 25.5 Å². The highest BCUT2D eigenvalue weighted by atomic mass is 19.4. The topological polar surface area (TPSA) is 30.5 Å². The number of anilines is 1. The minimum Gasteiger partial charge on any atom is -0.382 e. The van der Waals surface area contributed by atoms with Gasteiger partial charge >= 0.3 is 6.18 Å². The lowest BCUT2D eigenvalue weighted by Crippen LogP contribution is -2.44. The van der Waals surface area contributed by atoms with Gasteiger partial charge in [0.05, 0.1) is 17.8 Å². The first kappa shape index (κ1) is 14.7. The van der Waals surface area contributed by atoms with Gasteiger partial charge < -0.3 is 14.8 Å². The van der Waals surface area contributed by atoms with Gasteiger partial charge in [0.15, 0.2) is 0 Å². The molecule has 0 amide bonds. The molecule has 2 atom stereocenters. The van der Waals surface area contributed by atoms with Gasteiger partial charge in [-0.25, -0.2) is 0 Å². The molecule has 1 aromatic carbocycles. The second-order valence-electron chi connectivity index (χ2n) is 5.75. The fraction of sp³-hybridized carbons (Fsp3) is 0.600. The molecule has 0 aliphatic carbocycles. The van der Waals surface area contributed by atoms with Crippen molar-refractivity contribution in [1.29, 1.82) is 0 Å². The molecular weight excluding hydrogens is 283 g/mol. The first-order valence-corrected chi connectivity index (χ1v) is 7.12. The Morgan fingerprint density at radius 3 is 2.81 bits per heavy atom. The average Bonchev–Trinajstić information content (AvgIpc) is 2.86. The quantitative estimate of drug-likeness (QED) is 0.907. The normalized spacial score (nSPS) is 29.8. The van der Waals surface area contributed by atoms with Gasteiger partial charge in [-0.15, -0.1) is 0 Å². The number of hydrogen-bond acceptors (Lipinski definition) is 3. The molecule has 21 heavy (non-hydrogen) atoms. The minimum atomic E-state index is -4.31. The molecule has 2 saturated heterocycles. The Balaban J connectivity index is 1.69. The number of halogens is 3. The Morgan fingerprint density at radius 2 is 2.10 bits per heavy atom. The van der Waals surface area contributed by atoms with Crippen LogP contribution in [0.1, 0.15) is 24.8 Å². The van der Waals surface area contributed by atoms with Crippen LogP contribution in [0.25, 0.3) is 0 Å². The number of rotatable bonds is 2. The zero-order valence-corrected chi connectivity index (χ0v) is 11.6. The highest BCUT2D eigenvalue weighted by molar-refractivity contribution is 5.47. The van der Waals surface area contributed by atoms with E-state index in [9.17, 15) is 13.2 Å². The summed E-state index contributed by atoms with van der Waals surface area (Å²) in [7, 11) is 0. The van der Waals surface area contributed by atoms with E-state index < -0.39 is 11.7 Å². The average molecular weight is 301 g/mol. The molecule has 0 radical (unpaired) electrons. The first-order chi connectivity index (χ1) is 9.97. The van der Waals surface area contributed by atoms with Crippen LogP contribution < -0.4 is 5.32 Å². The van der Waals surface area contributed by atoms with Crippen molar-refractivity contribution in [3.8, 4) is 0 Å². The Bertz CT molecular complexity index is 498. The third-order valence-corrected chi connectivity index (χ3v) is 4.12. The van der Waals surface area contributed by atoms with Gasteiger partial charge in [0.2, 0.25) is 0 Å². The van der Waals surface area contributed by atoms with Gasteiger partial charge in [-0.05, 0) is 31.0 Å². The highest BCUT2D eigenvalue weighted by Gasteiger charge is 2.41. The lowest BCUT2D eigenvalue weighted by molar-refractivity contribution is -0.137. The summed E-state index contributed by atoms with van der Waals surface area (Å²) in [6.45, 7) is 1.88. The molecular formula is C15H18F3NO2. The molecule has 2 aliphatic heterocycles. The monoisotopic (exact) mass is 301 g/mol. The maximum Gasteiger partial charge on any atom is 0.416 e. The van der Waals surface area contributed by atoms with Crippen LogP contribution in [0.15, 0.2) is 24.3 Å². The van der Waals surface area contributed by atoms with Gasteiger partial charge in [-0.3, -0.25) is 0 Å². The molecule has 2 aliphatic rings. The Hall–Kier alpha value is -1.27. The summed E-state index contributed by atoms with van der Waals surface area (Å²) in [5.41, 5.74) is -0.373. The van der Waals surface area contributed by atoms with Crippen molar-refractivity contribution in [3.05, 3.63) is 29.8 Å². The van der Waals surface area contributed by atoms with Crippen molar-refractivity contribution < 1.29 is 22.6 Å². The molecule has 2 fully saturated rings. The predicted molar refractivity (Wildman–Crippen MR) is 72.2 cm³/mol. The molecule has 116 valence electrons. The molecule has 2 unspecified atom stereocenters. The molecule has 3 rings (SSSR count). The fourth-order valence-corrected chi connectivity index (χ4v) is 3.04. The van der Waals surface area contributed by atoms with E-state index in [4.69, 9.17) is 9.47 Å². The van der Waals surface area contributed by atoms with Crippen LogP contribution >= 0.6 is 0 Å². The summed E-state index contributed by atoms with van der Waals surface area (Å²) in [5.74, 6) is 0. The third-order valence-electron chi connectivity index (χ3n) is 4.12. The summed E-state index contributed by atoms with van der Waals surface area (Å²) in [4.78, 5) is 0. The number of ether oxygens (including phenoxy) is 2. The fourth-order valence-electron chi connectivity index (χ4n) is 3.04. The zero-order chi connectivity index (χ0) is 14.9. The van der Waals surface area contributed by atoms with Crippen LogP contribution in [0.2, 0.25) is 0 Å². The molecule has 0 bridgehead atoms. The van der Waals surface area contributed by atoms with E-state index in [0.717, 1.165) is 31.4 Å². The van der Waals surface area contributed by atoms with Gasteiger partial charge in [0.25, 0.3) is 0 Å². The number of hydrogen-bond donors (Lipinski definition) is 1. The van der Waals surface area contributed by atoms with Crippen LogP contribution in [-0.2, 0) is 15.7 Å². The Kier molecular flexibility index (Phi) is 3.84. The number of alkyl halides is 3. The van der Waals surface area contributed by atoms with Crippen LogP contribution in [0.5, 0.6) is 0 Å². The van der Waals surface area contributed by atoms with Gasteiger partial charge in [0, 0.05) is 31.4 Å². The maximum absolute atomic E-state index is 12.7. The molecule has 1 spiro atoms. The van der Waals surface area contributed by atoms with E-state index in [-0.39, 0.29) is 11.6 Å². The van der Waals surface area contributed by atoms with E-state index in [1.807, 2.05) is 0 Å². The molecule has 1 N–H and O–H groups in total. The summed E-state index contributed by atoms with van der Waals surface area (Å²) >= 11 is 0. The maximum atomic E-state index is 12.7. The van der Waals surface area contributed by atoms with Crippen molar-refractivity contribution in [1.82, 2.24) is 0 Å². The minimum absolute atomic E-state index is 0.115. The van der Waals surface area contributed by atoms with Gasteiger partial charge in [-0.1, -0.05) is 6.07 Å². The summed E-state index contributed by atoms with van der Waals surface area (Å²) in [5, 5.41) is 3.21. The number of nitrogens with one attached hydrogen (secondary N) is 1. The third kappa shape index (κ3) is 3.32. The predicted octanol–water partition coefficient (Wildman–Crippen LogP) is 3.46. The van der Waals surface area contributed by atoms with E-state index >= 15 is 0 Å². The van der Waals surface area contributed by atoms with E-state index in [1.54, 1.807) is 6.07 Å². The van der Waals surface area contributed by atoms with Crippen LogP contribution in [-0.4, -0.2) is 31.5 Å². The molecule has 3 nitrogen and oxygen atoms in total. The molecule has 6 heteroatoms. The van der Waals surface area contributed by atoms with Crippen molar-refractivity contribution in [3.63, 3.8) is 0 Å². The largest absolute Gasteiger partial charge is 0.416 e. The summed E-state index contributed by atoms with van der Waals surface area (Å²) in [6.07, 6.45) is -1.90. The van der Waals surface area contributed by atoms with Crippen LogP contribution in [0.4, 0.5) is 18.9 Å². The molecule has 0 aromatic heterocycles. The standard InChI is InChI=1S/C15H18F3NO2/c16-15(17,18)11-2-1-3-12(8-11)19-13-4-6-21-14(9-13)5-7-20-10-14/h1-3,8,13,19H,4-7,9-10H2. The summed E-state index contributed by atoms with van der Waals surface area (Å²) < 4.78 is 49.4. The Labute approximate surface area is 121 Å². The van der Waals surface area contributed by atoms with Crippen molar-refractivity contribution in [2.24, 2.45) is 0 Å². The smallest absolute Gasteiger partial charge is 0.382 e. The van der Waals surface area contributed by atoms with Crippen LogP contribution in [0, 0.1) is 0 Å². The lowest BCUT2D eigenvalue weighted by Gasteiger charge is -2.37. The number of benzene rings is 1. The second kappa shape index (κ2) is 5.50. The molecule has 2 heterocycles. The summed E-state index contributed by atoms with van der Waals surface area (Å²) in [6, 6.07) is 5.46. The van der Waals surface area contributed by atoms with Crippen molar-refractivity contribution >= 4 is 5.69 Å². The van der Waals surface area contributed by atoms with Crippen molar-refractivity contribution in [2.75, 3.05) is 25.1 Å². The highest BCUT2D eigenvalue weighted by Crippen LogP contribution is 2.35. The first-order valence-electron chi connectivity index (χ1n) is 7.12. The SMILES string of the molecule is FC(F)(F)c1cccc(NC2CCOC3(CCOC3)C2)c1. The zero-order valence-electron chi connectivity index (χ0n) is 11.6. The second-order valence-corrected chi connectivity index (χ2v) is 5.75. The van der Waals surface area contributed by atoms with Crippen LogP contribution in [0.3, 0.4) is 0 Å². The lowest BCUT2D eigenvalue weighted by atomic mass is 9.89. The van der Waals surface area contributed by atoms with Gasteiger partial charge in [-0.2, -0.15) is 13.2 Å². The molecule has 1 aromatic rings. The van der Waals surface area contributed by atoms with E-state index in [1.165, 1.54) is 6.07 Å². The van der Waals surface area contributed by atoms with Crippen molar-refractivity contribution in [2.45, 2.75) is 37.1 Å². The van der Waals surface area contributed by atoms with Gasteiger partial charge in [0.1, 0.15) is 0 Å². The molecule has 0 saturated carbocycles. The Morgan fingerprint density at radius 1 is 1.24 bits per heavy atom.